The van der Waals surface area contributed by atoms with E-state index in [4.69, 9.17) is 15.2 Å². The van der Waals surface area contributed by atoms with Crippen LogP contribution < -0.4 is 15.8 Å². The zero-order valence-corrected chi connectivity index (χ0v) is 14.6. The molecule has 0 fully saturated rings. The molecule has 0 radical (unpaired) electrons. The predicted octanol–water partition coefficient (Wildman–Crippen LogP) is 1.55. The molecule has 2 aromatic rings. The molecule has 2 amide bonds. The Hall–Kier alpha value is -3.68. The molecule has 27 heavy (non-hydrogen) atoms. The summed E-state index contributed by atoms with van der Waals surface area (Å²) in [6.07, 6.45) is 0. The van der Waals surface area contributed by atoms with Crippen molar-refractivity contribution in [3.05, 3.63) is 59.7 Å². The van der Waals surface area contributed by atoms with Gasteiger partial charge >= 0.3 is 5.97 Å². The Labute approximate surface area is 155 Å². The van der Waals surface area contributed by atoms with Gasteiger partial charge in [-0.05, 0) is 31.2 Å². The number of amides is 2. The van der Waals surface area contributed by atoms with Crippen molar-refractivity contribution < 1.29 is 28.7 Å². The Morgan fingerprint density at radius 1 is 0.926 bits per heavy atom. The molecule has 2 rings (SSSR count). The van der Waals surface area contributed by atoms with Crippen LogP contribution in [0.25, 0.3) is 0 Å². The van der Waals surface area contributed by atoms with Crippen molar-refractivity contribution in [1.82, 2.24) is 0 Å². The van der Waals surface area contributed by atoms with E-state index in [2.05, 4.69) is 5.32 Å². The van der Waals surface area contributed by atoms with Crippen LogP contribution in [-0.2, 0) is 14.3 Å². The molecule has 0 aliphatic carbocycles. The van der Waals surface area contributed by atoms with E-state index < -0.39 is 31.0 Å². The van der Waals surface area contributed by atoms with Gasteiger partial charge in [0.05, 0.1) is 5.69 Å². The summed E-state index contributed by atoms with van der Waals surface area (Å²) in [5, 5.41) is 2.52. The average Bonchev–Trinajstić information content (AvgIpc) is 2.65. The molecule has 0 aliphatic heterocycles. The predicted molar refractivity (Wildman–Crippen MR) is 96.5 cm³/mol. The first kappa shape index (κ1) is 19.6. The molecule has 0 atom stereocenters. The van der Waals surface area contributed by atoms with Gasteiger partial charge in [0, 0.05) is 5.56 Å². The number of anilines is 1. The lowest BCUT2D eigenvalue weighted by molar-refractivity contribution is -0.120. The Morgan fingerprint density at radius 2 is 1.56 bits per heavy atom. The van der Waals surface area contributed by atoms with Gasteiger partial charge < -0.3 is 20.5 Å². The van der Waals surface area contributed by atoms with Crippen LogP contribution in [0.15, 0.2) is 48.5 Å². The van der Waals surface area contributed by atoms with E-state index in [0.717, 1.165) is 0 Å². The van der Waals surface area contributed by atoms with Gasteiger partial charge in [-0.15, -0.1) is 0 Å². The van der Waals surface area contributed by atoms with Crippen LogP contribution in [0.4, 0.5) is 5.69 Å². The number of nitrogens with one attached hydrogen (secondary N) is 1. The minimum absolute atomic E-state index is 0.0516. The van der Waals surface area contributed by atoms with E-state index in [-0.39, 0.29) is 17.1 Å². The number of carbonyl (C=O) groups excluding carboxylic acids is 4. The van der Waals surface area contributed by atoms with Crippen LogP contribution >= 0.6 is 0 Å². The van der Waals surface area contributed by atoms with Gasteiger partial charge in [0.2, 0.25) is 0 Å². The number of ketones is 1. The first-order chi connectivity index (χ1) is 12.9. The lowest BCUT2D eigenvalue weighted by atomic mass is 10.1. The largest absolute Gasteiger partial charge is 0.483 e. The van der Waals surface area contributed by atoms with E-state index in [1.807, 2.05) is 0 Å². The summed E-state index contributed by atoms with van der Waals surface area (Å²) in [5.74, 6) is -2.19. The number of para-hydroxylation sites is 2. The van der Waals surface area contributed by atoms with Crippen LogP contribution in [0.3, 0.4) is 0 Å². The second-order valence-corrected chi connectivity index (χ2v) is 5.48. The highest BCUT2D eigenvalue weighted by atomic mass is 16.5. The zero-order valence-electron chi connectivity index (χ0n) is 14.6. The van der Waals surface area contributed by atoms with Gasteiger partial charge in [0.1, 0.15) is 11.3 Å². The van der Waals surface area contributed by atoms with E-state index in [1.165, 1.54) is 19.1 Å². The van der Waals surface area contributed by atoms with Crippen molar-refractivity contribution in [2.75, 3.05) is 18.5 Å². The van der Waals surface area contributed by atoms with Crippen LogP contribution in [0.1, 0.15) is 27.6 Å². The number of hydrogen-bond donors (Lipinski definition) is 2. The maximum atomic E-state index is 12.2. The minimum Gasteiger partial charge on any atom is -0.483 e. The number of nitrogens with two attached hydrogens (primary N) is 1. The molecule has 0 aliphatic rings. The number of Topliss-reactive ketones (excluding diaryl/α,β-unsaturated/α-hetero) is 1. The second-order valence-electron chi connectivity index (χ2n) is 5.48. The first-order valence-corrected chi connectivity index (χ1v) is 7.95. The van der Waals surface area contributed by atoms with Crippen LogP contribution in [-0.4, -0.2) is 36.8 Å². The maximum absolute atomic E-state index is 12.2. The molecule has 0 saturated carbocycles. The summed E-state index contributed by atoms with van der Waals surface area (Å²) in [4.78, 5) is 46.6. The van der Waals surface area contributed by atoms with Crippen LogP contribution in [0.2, 0.25) is 0 Å². The van der Waals surface area contributed by atoms with E-state index in [0.29, 0.717) is 11.3 Å². The van der Waals surface area contributed by atoms with Gasteiger partial charge in [-0.2, -0.15) is 0 Å². The molecule has 0 heterocycles. The second kappa shape index (κ2) is 9.14. The van der Waals surface area contributed by atoms with Gasteiger partial charge in [-0.3, -0.25) is 14.4 Å². The minimum atomic E-state index is -0.801. The standard InChI is InChI=1S/C19H18N2O6/c1-12(22)13-6-2-4-8-15(13)21-18(24)11-27-19(25)14-7-3-5-9-16(14)26-10-17(20)23/h2-9H,10-11H2,1H3,(H2,20,23)(H,21,24). The summed E-state index contributed by atoms with van der Waals surface area (Å²) in [6, 6.07) is 12.6. The first-order valence-electron chi connectivity index (χ1n) is 7.95. The number of ether oxygens (including phenoxy) is 2. The molecule has 8 heteroatoms. The highest BCUT2D eigenvalue weighted by Gasteiger charge is 2.16. The maximum Gasteiger partial charge on any atom is 0.342 e. The fourth-order valence-electron chi connectivity index (χ4n) is 2.20. The van der Waals surface area contributed by atoms with Gasteiger partial charge in [0.15, 0.2) is 19.0 Å². The van der Waals surface area contributed by atoms with Gasteiger partial charge in [0.25, 0.3) is 11.8 Å². The molecule has 0 spiro atoms. The Balaban J connectivity index is 1.99. The Morgan fingerprint density at radius 3 is 2.22 bits per heavy atom. The van der Waals surface area contributed by atoms with Crippen molar-refractivity contribution in [2.45, 2.75) is 6.92 Å². The number of primary amides is 1. The number of hydrogen-bond acceptors (Lipinski definition) is 6. The number of esters is 1. The quantitative estimate of drug-likeness (QED) is 0.536. The molecular weight excluding hydrogens is 352 g/mol. The number of rotatable bonds is 8. The summed E-state index contributed by atoms with van der Waals surface area (Å²) < 4.78 is 10.1. The Bertz CT molecular complexity index is 878. The lowest BCUT2D eigenvalue weighted by Gasteiger charge is -2.11. The third-order valence-corrected chi connectivity index (χ3v) is 3.39. The third kappa shape index (κ3) is 5.67. The average molecular weight is 370 g/mol. The van der Waals surface area contributed by atoms with Crippen molar-refractivity contribution in [3.63, 3.8) is 0 Å². The molecule has 0 aromatic heterocycles. The summed E-state index contributed by atoms with van der Waals surface area (Å²) in [7, 11) is 0. The highest BCUT2D eigenvalue weighted by Crippen LogP contribution is 2.19. The summed E-state index contributed by atoms with van der Waals surface area (Å²) in [6.45, 7) is 0.426. The van der Waals surface area contributed by atoms with Crippen LogP contribution in [0.5, 0.6) is 5.75 Å². The van der Waals surface area contributed by atoms with Crippen LogP contribution in [0, 0.1) is 0 Å². The number of carbonyl (C=O) groups is 4. The monoisotopic (exact) mass is 370 g/mol. The van der Waals surface area contributed by atoms with Crippen molar-refractivity contribution in [3.8, 4) is 5.75 Å². The summed E-state index contributed by atoms with van der Waals surface area (Å²) >= 11 is 0. The molecule has 3 N–H and O–H groups in total. The fraction of sp³-hybridized carbons (Fsp3) is 0.158. The fourth-order valence-corrected chi connectivity index (χ4v) is 2.20. The molecule has 140 valence electrons. The van der Waals surface area contributed by atoms with Crippen molar-refractivity contribution in [2.24, 2.45) is 5.73 Å². The SMILES string of the molecule is CC(=O)c1ccccc1NC(=O)COC(=O)c1ccccc1OCC(N)=O. The van der Waals surface area contributed by atoms with Gasteiger partial charge in [-0.1, -0.05) is 24.3 Å². The highest BCUT2D eigenvalue weighted by molar-refractivity contribution is 6.04. The topological polar surface area (TPSA) is 125 Å². The van der Waals surface area contributed by atoms with Crippen molar-refractivity contribution in [1.29, 1.82) is 0 Å². The van der Waals surface area contributed by atoms with Crippen molar-refractivity contribution >= 4 is 29.3 Å². The lowest BCUT2D eigenvalue weighted by Crippen LogP contribution is -2.23. The van der Waals surface area contributed by atoms with Gasteiger partial charge in [-0.25, -0.2) is 4.79 Å². The van der Waals surface area contributed by atoms with E-state index >= 15 is 0 Å². The summed E-state index contributed by atoms with van der Waals surface area (Å²) in [5.41, 5.74) is 5.75. The molecule has 2 aromatic carbocycles. The molecule has 0 bridgehead atoms. The molecule has 0 unspecified atom stereocenters. The third-order valence-electron chi connectivity index (χ3n) is 3.39. The molecule has 8 nitrogen and oxygen atoms in total. The molecular formula is C19H18N2O6. The number of benzene rings is 2. The van der Waals surface area contributed by atoms with E-state index in [1.54, 1.807) is 36.4 Å². The normalized spacial score (nSPS) is 9.96. The zero-order chi connectivity index (χ0) is 19.8. The van der Waals surface area contributed by atoms with E-state index in [9.17, 15) is 19.2 Å². The molecule has 0 saturated heterocycles. The smallest absolute Gasteiger partial charge is 0.342 e. The Kier molecular flexibility index (Phi) is 6.65.